The van der Waals surface area contributed by atoms with Crippen LogP contribution in [-0.4, -0.2) is 29.1 Å². The molecule has 0 amide bonds. The van der Waals surface area contributed by atoms with Gasteiger partial charge in [0.05, 0.1) is 7.11 Å². The quantitative estimate of drug-likeness (QED) is 0.806. The van der Waals surface area contributed by atoms with Crippen molar-refractivity contribution >= 4 is 17.0 Å². The van der Waals surface area contributed by atoms with Gasteiger partial charge in [-0.3, -0.25) is 10.1 Å². The molecule has 0 spiro atoms. The number of fused-ring (bicyclic) bond motifs is 1. The zero-order valence-corrected chi connectivity index (χ0v) is 11.4. The maximum absolute atomic E-state index is 11.7. The number of pyridine rings is 1. The molecule has 0 aliphatic rings. The molecular weight excluding hydrogens is 242 g/mol. The molecule has 19 heavy (non-hydrogen) atoms. The third-order valence-corrected chi connectivity index (χ3v) is 3.17. The number of hydrogen-bond donors (Lipinski definition) is 2. The van der Waals surface area contributed by atoms with E-state index in [1.54, 1.807) is 6.20 Å². The highest BCUT2D eigenvalue weighted by Gasteiger charge is 2.22. The maximum atomic E-state index is 11.7. The molecule has 1 atom stereocenters. The minimum atomic E-state index is -0.299. The largest absolute Gasteiger partial charge is 0.468 e. The van der Waals surface area contributed by atoms with Gasteiger partial charge in [0, 0.05) is 24.3 Å². The number of carbonyl (C=O) groups is 1. The van der Waals surface area contributed by atoms with Gasteiger partial charge in [-0.15, -0.1) is 0 Å². The molecule has 0 saturated carbocycles. The van der Waals surface area contributed by atoms with Crippen molar-refractivity contribution in [2.45, 2.75) is 26.4 Å². The Hall–Kier alpha value is -1.88. The number of ether oxygens (including phenoxy) is 1. The van der Waals surface area contributed by atoms with E-state index in [1.807, 2.05) is 32.2 Å². The van der Waals surface area contributed by atoms with Gasteiger partial charge in [-0.25, -0.2) is 4.98 Å². The van der Waals surface area contributed by atoms with Gasteiger partial charge in [0.15, 0.2) is 0 Å². The smallest absolute Gasteiger partial charge is 0.323 e. The lowest BCUT2D eigenvalue weighted by Crippen LogP contribution is -2.41. The molecule has 2 rings (SSSR count). The van der Waals surface area contributed by atoms with Crippen molar-refractivity contribution in [3.63, 3.8) is 0 Å². The zero-order valence-electron chi connectivity index (χ0n) is 11.4. The van der Waals surface area contributed by atoms with E-state index in [0.717, 1.165) is 16.6 Å². The fraction of sp³-hybridized carbons (Fsp3) is 0.429. The number of nitrogens with zero attached hydrogens (tertiary/aromatic N) is 1. The number of esters is 1. The summed E-state index contributed by atoms with van der Waals surface area (Å²) in [5.74, 6) is -0.0521. The Balaban J connectivity index is 2.11. The van der Waals surface area contributed by atoms with Crippen LogP contribution in [0.1, 0.15) is 19.4 Å². The Bertz CT molecular complexity index is 563. The lowest BCUT2D eigenvalue weighted by atomic mass is 10.0. The highest BCUT2D eigenvalue weighted by atomic mass is 16.5. The average molecular weight is 261 g/mol. The minimum Gasteiger partial charge on any atom is -0.468 e. The van der Waals surface area contributed by atoms with Crippen molar-refractivity contribution in [2.75, 3.05) is 7.11 Å². The van der Waals surface area contributed by atoms with Gasteiger partial charge in [0.1, 0.15) is 11.7 Å². The first-order chi connectivity index (χ1) is 9.13. The molecule has 0 unspecified atom stereocenters. The maximum Gasteiger partial charge on any atom is 0.323 e. The Morgan fingerprint density at radius 3 is 3.00 bits per heavy atom. The predicted molar refractivity (Wildman–Crippen MR) is 73.6 cm³/mol. The molecule has 0 aromatic carbocycles. The van der Waals surface area contributed by atoms with Crippen LogP contribution in [0.25, 0.3) is 11.0 Å². The fourth-order valence-electron chi connectivity index (χ4n) is 2.10. The van der Waals surface area contributed by atoms with Crippen LogP contribution >= 0.6 is 0 Å². The molecule has 2 aromatic heterocycles. The Morgan fingerprint density at radius 1 is 1.53 bits per heavy atom. The summed E-state index contributed by atoms with van der Waals surface area (Å²) in [7, 11) is 1.41. The monoisotopic (exact) mass is 261 g/mol. The third kappa shape index (κ3) is 2.93. The summed E-state index contributed by atoms with van der Waals surface area (Å²) in [5.41, 5.74) is 1.95. The van der Waals surface area contributed by atoms with Crippen LogP contribution in [-0.2, 0) is 16.1 Å². The number of rotatable bonds is 5. The van der Waals surface area contributed by atoms with Crippen LogP contribution in [0, 0.1) is 5.92 Å². The molecule has 0 aliphatic carbocycles. The summed E-state index contributed by atoms with van der Waals surface area (Å²) < 4.78 is 4.81. The van der Waals surface area contributed by atoms with E-state index in [9.17, 15) is 4.79 Å². The molecular formula is C14H19N3O2. The number of aromatic amines is 1. The van der Waals surface area contributed by atoms with Gasteiger partial charge < -0.3 is 9.72 Å². The molecule has 5 heteroatoms. The van der Waals surface area contributed by atoms with E-state index in [0.29, 0.717) is 6.54 Å². The number of nitrogens with one attached hydrogen (secondary N) is 2. The summed E-state index contributed by atoms with van der Waals surface area (Å²) >= 11 is 0. The fourth-order valence-corrected chi connectivity index (χ4v) is 2.10. The summed E-state index contributed by atoms with van der Waals surface area (Å²) in [6.45, 7) is 4.58. The van der Waals surface area contributed by atoms with Gasteiger partial charge in [0.2, 0.25) is 0 Å². The summed E-state index contributed by atoms with van der Waals surface area (Å²) in [6, 6.07) is 3.62. The van der Waals surface area contributed by atoms with Crippen molar-refractivity contribution in [1.82, 2.24) is 15.3 Å². The summed E-state index contributed by atoms with van der Waals surface area (Å²) in [4.78, 5) is 19.0. The van der Waals surface area contributed by atoms with Gasteiger partial charge >= 0.3 is 5.97 Å². The van der Waals surface area contributed by atoms with Crippen molar-refractivity contribution in [3.05, 3.63) is 30.1 Å². The standard InChI is InChI=1S/C14H19N3O2/c1-9(2)12(14(18)19-3)16-7-10-8-17-13-11(10)5-4-6-15-13/h4-6,8-9,12,16H,7H2,1-3H3,(H,15,17)/t12-/m0/s1. The number of methoxy groups -OCH3 is 1. The van der Waals surface area contributed by atoms with E-state index < -0.39 is 0 Å². The van der Waals surface area contributed by atoms with Crippen LogP contribution in [0.4, 0.5) is 0 Å². The molecule has 0 saturated heterocycles. The number of hydrogen-bond acceptors (Lipinski definition) is 4. The van der Waals surface area contributed by atoms with E-state index in [2.05, 4.69) is 15.3 Å². The molecule has 0 aliphatic heterocycles. The second kappa shape index (κ2) is 5.84. The van der Waals surface area contributed by atoms with Gasteiger partial charge in [0.25, 0.3) is 0 Å². The van der Waals surface area contributed by atoms with Crippen LogP contribution in [0.15, 0.2) is 24.5 Å². The van der Waals surface area contributed by atoms with E-state index in [1.165, 1.54) is 7.11 Å². The topological polar surface area (TPSA) is 67.0 Å². The average Bonchev–Trinajstić information content (AvgIpc) is 2.82. The van der Waals surface area contributed by atoms with Crippen molar-refractivity contribution in [3.8, 4) is 0 Å². The minimum absolute atomic E-state index is 0.177. The molecule has 0 bridgehead atoms. The van der Waals surface area contributed by atoms with Gasteiger partial charge in [-0.1, -0.05) is 13.8 Å². The molecule has 2 aromatic rings. The second-order valence-corrected chi connectivity index (χ2v) is 4.84. The summed E-state index contributed by atoms with van der Waals surface area (Å²) in [6.07, 6.45) is 3.67. The lowest BCUT2D eigenvalue weighted by molar-refractivity contribution is -0.144. The van der Waals surface area contributed by atoms with Crippen molar-refractivity contribution in [2.24, 2.45) is 5.92 Å². The number of aromatic nitrogens is 2. The number of H-pyrrole nitrogens is 1. The normalized spacial score (nSPS) is 12.8. The predicted octanol–water partition coefficient (Wildman–Crippen LogP) is 1.85. The summed E-state index contributed by atoms with van der Waals surface area (Å²) in [5, 5.41) is 4.31. The van der Waals surface area contributed by atoms with Crippen LogP contribution in [0.3, 0.4) is 0 Å². The molecule has 0 fully saturated rings. The Kier molecular flexibility index (Phi) is 4.16. The van der Waals surface area contributed by atoms with Crippen LogP contribution in [0.2, 0.25) is 0 Å². The number of carbonyl (C=O) groups excluding carboxylic acids is 1. The van der Waals surface area contributed by atoms with Crippen molar-refractivity contribution in [1.29, 1.82) is 0 Å². The van der Waals surface area contributed by atoms with Crippen LogP contribution in [0.5, 0.6) is 0 Å². The Morgan fingerprint density at radius 2 is 2.32 bits per heavy atom. The molecule has 102 valence electrons. The zero-order chi connectivity index (χ0) is 13.8. The third-order valence-electron chi connectivity index (χ3n) is 3.17. The van der Waals surface area contributed by atoms with E-state index >= 15 is 0 Å². The van der Waals surface area contributed by atoms with E-state index in [-0.39, 0.29) is 17.9 Å². The molecule has 2 N–H and O–H groups in total. The highest BCUT2D eigenvalue weighted by molar-refractivity contribution is 5.79. The Labute approximate surface area is 112 Å². The molecule has 5 nitrogen and oxygen atoms in total. The van der Waals surface area contributed by atoms with Gasteiger partial charge in [-0.2, -0.15) is 0 Å². The SMILES string of the molecule is COC(=O)[C@@H](NCc1c[nH]c2ncccc12)C(C)C. The lowest BCUT2D eigenvalue weighted by Gasteiger charge is -2.19. The first-order valence-corrected chi connectivity index (χ1v) is 6.35. The van der Waals surface area contributed by atoms with E-state index in [4.69, 9.17) is 4.74 Å². The first kappa shape index (κ1) is 13.5. The molecule has 0 radical (unpaired) electrons. The van der Waals surface area contributed by atoms with Gasteiger partial charge in [-0.05, 0) is 23.6 Å². The highest BCUT2D eigenvalue weighted by Crippen LogP contribution is 2.16. The van der Waals surface area contributed by atoms with Crippen LogP contribution < -0.4 is 5.32 Å². The first-order valence-electron chi connectivity index (χ1n) is 6.35. The molecule has 2 heterocycles. The second-order valence-electron chi connectivity index (χ2n) is 4.84. The van der Waals surface area contributed by atoms with Crippen molar-refractivity contribution < 1.29 is 9.53 Å².